The van der Waals surface area contributed by atoms with Crippen molar-refractivity contribution in [3.8, 4) is 0 Å². The van der Waals surface area contributed by atoms with Crippen LogP contribution >= 0.6 is 0 Å². The molecule has 0 N–H and O–H groups in total. The van der Waals surface area contributed by atoms with Crippen molar-refractivity contribution in [1.82, 2.24) is 9.21 Å². The number of sulfonamides is 1. The van der Waals surface area contributed by atoms with Crippen molar-refractivity contribution in [2.24, 2.45) is 5.92 Å². The van der Waals surface area contributed by atoms with Crippen molar-refractivity contribution >= 4 is 21.9 Å². The maximum atomic E-state index is 12.9. The van der Waals surface area contributed by atoms with Crippen LogP contribution in [0.3, 0.4) is 0 Å². The highest BCUT2D eigenvalue weighted by Gasteiger charge is 2.32. The lowest BCUT2D eigenvalue weighted by Crippen LogP contribution is -2.51. The number of aryl methyl sites for hydroxylation is 2. The first kappa shape index (κ1) is 19.8. The van der Waals surface area contributed by atoms with Gasteiger partial charge >= 0.3 is 5.97 Å². The molecule has 0 aromatic heterocycles. The van der Waals surface area contributed by atoms with Crippen LogP contribution in [0.5, 0.6) is 0 Å². The summed E-state index contributed by atoms with van der Waals surface area (Å²) in [6.45, 7) is 4.44. The Morgan fingerprint density at radius 2 is 1.78 bits per heavy atom. The van der Waals surface area contributed by atoms with Gasteiger partial charge in [-0.05, 0) is 43.9 Å². The van der Waals surface area contributed by atoms with Gasteiger partial charge in [-0.15, -0.1) is 0 Å². The number of carbonyl (C=O) groups is 2. The van der Waals surface area contributed by atoms with Gasteiger partial charge in [-0.25, -0.2) is 8.42 Å². The SMILES string of the molecule is Cc1ccc(C)c(S(=O)(=O)N2CCN(C(=O)COC(=O)C3CCC3)CC2)c1. The summed E-state index contributed by atoms with van der Waals surface area (Å²) in [5.74, 6) is -0.630. The molecule has 2 fully saturated rings. The van der Waals surface area contributed by atoms with E-state index in [9.17, 15) is 18.0 Å². The van der Waals surface area contributed by atoms with Gasteiger partial charge in [0, 0.05) is 26.2 Å². The van der Waals surface area contributed by atoms with Crippen molar-refractivity contribution in [1.29, 1.82) is 0 Å². The van der Waals surface area contributed by atoms with E-state index in [4.69, 9.17) is 4.74 Å². The van der Waals surface area contributed by atoms with Gasteiger partial charge in [0.15, 0.2) is 6.61 Å². The molecule has 1 aliphatic carbocycles. The largest absolute Gasteiger partial charge is 0.455 e. The van der Waals surface area contributed by atoms with Crippen LogP contribution in [0.25, 0.3) is 0 Å². The quantitative estimate of drug-likeness (QED) is 0.707. The van der Waals surface area contributed by atoms with Gasteiger partial charge in [0.1, 0.15) is 0 Å². The number of carbonyl (C=O) groups excluding carboxylic acids is 2. The fourth-order valence-electron chi connectivity index (χ4n) is 3.29. The Balaban J connectivity index is 1.55. The lowest BCUT2D eigenvalue weighted by molar-refractivity contribution is -0.158. The second-order valence-electron chi connectivity index (χ2n) is 7.29. The monoisotopic (exact) mass is 394 g/mol. The predicted octanol–water partition coefficient (Wildman–Crippen LogP) is 1.48. The van der Waals surface area contributed by atoms with Gasteiger partial charge in [-0.1, -0.05) is 18.6 Å². The Hall–Kier alpha value is -1.93. The van der Waals surface area contributed by atoms with E-state index in [0.717, 1.165) is 24.8 Å². The third-order valence-electron chi connectivity index (χ3n) is 5.33. The highest BCUT2D eigenvalue weighted by molar-refractivity contribution is 7.89. The number of benzene rings is 1. The summed E-state index contributed by atoms with van der Waals surface area (Å²) in [5.41, 5.74) is 1.60. The number of hydrogen-bond acceptors (Lipinski definition) is 5. The summed E-state index contributed by atoms with van der Waals surface area (Å²) < 4.78 is 32.3. The topological polar surface area (TPSA) is 84.0 Å². The summed E-state index contributed by atoms with van der Waals surface area (Å²) in [7, 11) is -3.59. The minimum Gasteiger partial charge on any atom is -0.455 e. The van der Waals surface area contributed by atoms with Crippen LogP contribution in [-0.4, -0.2) is 62.3 Å². The number of ether oxygens (including phenoxy) is 1. The molecule has 148 valence electrons. The molecule has 27 heavy (non-hydrogen) atoms. The van der Waals surface area contributed by atoms with Crippen molar-refractivity contribution < 1.29 is 22.7 Å². The fourth-order valence-corrected chi connectivity index (χ4v) is 5.02. The zero-order chi connectivity index (χ0) is 19.6. The van der Waals surface area contributed by atoms with Crippen LogP contribution in [-0.2, 0) is 24.3 Å². The van der Waals surface area contributed by atoms with Gasteiger partial charge in [0.25, 0.3) is 5.91 Å². The molecule has 1 saturated heterocycles. The van der Waals surface area contributed by atoms with Crippen molar-refractivity contribution in [3.05, 3.63) is 29.3 Å². The Bertz CT molecular complexity index is 825. The summed E-state index contributed by atoms with van der Waals surface area (Å²) in [5, 5.41) is 0. The summed E-state index contributed by atoms with van der Waals surface area (Å²) in [6, 6.07) is 5.37. The van der Waals surface area contributed by atoms with E-state index in [1.165, 1.54) is 4.31 Å². The summed E-state index contributed by atoms with van der Waals surface area (Å²) in [6.07, 6.45) is 2.70. The highest BCUT2D eigenvalue weighted by Crippen LogP contribution is 2.27. The number of nitrogens with zero attached hydrogens (tertiary/aromatic N) is 2. The standard InChI is InChI=1S/C19H26N2O5S/c1-14-6-7-15(2)17(12-14)27(24,25)21-10-8-20(9-11-21)18(22)13-26-19(23)16-4-3-5-16/h6-7,12,16H,3-5,8-11,13H2,1-2H3. The molecule has 0 bridgehead atoms. The average Bonchev–Trinajstić information content (AvgIpc) is 2.60. The van der Waals surface area contributed by atoms with Gasteiger partial charge in [-0.3, -0.25) is 9.59 Å². The van der Waals surface area contributed by atoms with E-state index in [2.05, 4.69) is 0 Å². The molecule has 0 radical (unpaired) electrons. The van der Waals surface area contributed by atoms with Crippen LogP contribution < -0.4 is 0 Å². The molecular weight excluding hydrogens is 368 g/mol. The minimum absolute atomic E-state index is 0.0580. The third kappa shape index (κ3) is 4.32. The first-order valence-corrected chi connectivity index (χ1v) is 10.7. The molecule has 1 heterocycles. The van der Waals surface area contributed by atoms with Crippen LogP contribution in [0.4, 0.5) is 0 Å². The van der Waals surface area contributed by atoms with E-state index in [0.29, 0.717) is 23.5 Å². The van der Waals surface area contributed by atoms with Crippen LogP contribution in [0.2, 0.25) is 0 Å². The van der Waals surface area contributed by atoms with Crippen molar-refractivity contribution in [3.63, 3.8) is 0 Å². The lowest BCUT2D eigenvalue weighted by atomic mass is 9.86. The smallest absolute Gasteiger partial charge is 0.309 e. The number of hydrogen-bond donors (Lipinski definition) is 0. The zero-order valence-corrected chi connectivity index (χ0v) is 16.6. The molecule has 3 rings (SSSR count). The van der Waals surface area contributed by atoms with E-state index in [-0.39, 0.29) is 37.5 Å². The van der Waals surface area contributed by atoms with Crippen molar-refractivity contribution in [2.45, 2.75) is 38.0 Å². The number of esters is 1. The van der Waals surface area contributed by atoms with E-state index < -0.39 is 10.0 Å². The van der Waals surface area contributed by atoms with Gasteiger partial charge in [-0.2, -0.15) is 4.31 Å². The molecule has 1 aliphatic heterocycles. The van der Waals surface area contributed by atoms with Crippen LogP contribution in [0.15, 0.2) is 23.1 Å². The molecule has 8 heteroatoms. The normalized spacial score (nSPS) is 18.8. The molecule has 0 spiro atoms. The number of piperazine rings is 1. The van der Waals surface area contributed by atoms with E-state index in [1.807, 2.05) is 13.0 Å². The first-order chi connectivity index (χ1) is 12.8. The lowest BCUT2D eigenvalue weighted by Gasteiger charge is -2.34. The summed E-state index contributed by atoms with van der Waals surface area (Å²) in [4.78, 5) is 25.8. The molecule has 0 atom stereocenters. The second kappa shape index (κ2) is 7.98. The first-order valence-electron chi connectivity index (χ1n) is 9.31. The zero-order valence-electron chi connectivity index (χ0n) is 15.8. The molecular formula is C19H26N2O5S. The predicted molar refractivity (Wildman–Crippen MR) is 99.6 cm³/mol. The Labute approximate surface area is 160 Å². The van der Waals surface area contributed by atoms with Gasteiger partial charge < -0.3 is 9.64 Å². The molecule has 1 saturated carbocycles. The van der Waals surface area contributed by atoms with Crippen LogP contribution in [0.1, 0.15) is 30.4 Å². The average molecular weight is 394 g/mol. The molecule has 1 aromatic rings. The maximum Gasteiger partial charge on any atom is 0.309 e. The van der Waals surface area contributed by atoms with E-state index >= 15 is 0 Å². The molecule has 2 aliphatic rings. The maximum absolute atomic E-state index is 12.9. The molecule has 1 aromatic carbocycles. The Morgan fingerprint density at radius 3 is 2.37 bits per heavy atom. The number of rotatable bonds is 5. The van der Waals surface area contributed by atoms with E-state index in [1.54, 1.807) is 24.0 Å². The van der Waals surface area contributed by atoms with Crippen LogP contribution in [0, 0.1) is 19.8 Å². The Morgan fingerprint density at radius 1 is 1.11 bits per heavy atom. The Kier molecular flexibility index (Phi) is 5.86. The minimum atomic E-state index is -3.59. The van der Waals surface area contributed by atoms with Crippen molar-refractivity contribution in [2.75, 3.05) is 32.8 Å². The molecule has 1 amide bonds. The highest BCUT2D eigenvalue weighted by atomic mass is 32.2. The number of amides is 1. The van der Waals surface area contributed by atoms with Gasteiger partial charge in [0.05, 0.1) is 10.8 Å². The summed E-state index contributed by atoms with van der Waals surface area (Å²) >= 11 is 0. The fraction of sp³-hybridized carbons (Fsp3) is 0.579. The third-order valence-corrected chi connectivity index (χ3v) is 7.37. The van der Waals surface area contributed by atoms with Gasteiger partial charge in [0.2, 0.25) is 10.0 Å². The molecule has 0 unspecified atom stereocenters. The molecule has 7 nitrogen and oxygen atoms in total. The second-order valence-corrected chi connectivity index (χ2v) is 9.20.